The first-order valence-electron chi connectivity index (χ1n) is 7.77. The molecule has 0 atom stereocenters. The molecule has 1 aliphatic heterocycles. The molecule has 0 aliphatic carbocycles. The van der Waals surface area contributed by atoms with Crippen LogP contribution in [-0.2, 0) is 0 Å². The summed E-state index contributed by atoms with van der Waals surface area (Å²) in [6.45, 7) is 9.32. The van der Waals surface area contributed by atoms with E-state index in [0.717, 1.165) is 54.9 Å². The lowest BCUT2D eigenvalue weighted by atomic mass is 10.2. The van der Waals surface area contributed by atoms with E-state index >= 15 is 0 Å². The Morgan fingerprint density at radius 3 is 2.17 bits per heavy atom. The van der Waals surface area contributed by atoms with Crippen molar-refractivity contribution in [3.05, 3.63) is 41.0 Å². The maximum absolute atomic E-state index is 9.13. The summed E-state index contributed by atoms with van der Waals surface area (Å²) in [7, 11) is 0. The lowest BCUT2D eigenvalue weighted by molar-refractivity contribution is 0.639. The fourth-order valence-corrected chi connectivity index (χ4v) is 2.83. The lowest BCUT2D eigenvalue weighted by Crippen LogP contribution is -2.47. The van der Waals surface area contributed by atoms with Gasteiger partial charge in [0.1, 0.15) is 29.2 Å². The van der Waals surface area contributed by atoms with E-state index in [4.69, 9.17) is 5.26 Å². The zero-order valence-corrected chi connectivity index (χ0v) is 13.7. The summed E-state index contributed by atoms with van der Waals surface area (Å²) in [5.41, 5.74) is 2.42. The van der Waals surface area contributed by atoms with Crippen molar-refractivity contribution in [2.75, 3.05) is 36.0 Å². The van der Waals surface area contributed by atoms with Gasteiger partial charge in [0.15, 0.2) is 0 Å². The predicted molar refractivity (Wildman–Crippen MR) is 89.6 cm³/mol. The largest absolute Gasteiger partial charge is 0.353 e. The molecule has 0 bridgehead atoms. The molecule has 0 radical (unpaired) electrons. The van der Waals surface area contributed by atoms with Gasteiger partial charge < -0.3 is 9.80 Å². The molecule has 2 aromatic heterocycles. The summed E-state index contributed by atoms with van der Waals surface area (Å²) in [5, 5.41) is 9.13. The van der Waals surface area contributed by atoms with Gasteiger partial charge in [-0.3, -0.25) is 0 Å². The first-order valence-corrected chi connectivity index (χ1v) is 7.77. The molecule has 0 N–H and O–H groups in total. The zero-order chi connectivity index (χ0) is 16.4. The molecular weight excluding hydrogens is 288 g/mol. The van der Waals surface area contributed by atoms with Crippen molar-refractivity contribution in [1.29, 1.82) is 5.26 Å². The molecule has 1 saturated heterocycles. The van der Waals surface area contributed by atoms with E-state index in [1.54, 1.807) is 0 Å². The fourth-order valence-electron chi connectivity index (χ4n) is 2.83. The molecule has 6 nitrogen and oxygen atoms in total. The van der Waals surface area contributed by atoms with Crippen LogP contribution in [0, 0.1) is 32.1 Å². The number of pyridine rings is 1. The van der Waals surface area contributed by atoms with E-state index in [-0.39, 0.29) is 0 Å². The molecule has 1 aliphatic rings. The van der Waals surface area contributed by atoms with Crippen molar-refractivity contribution in [2.45, 2.75) is 20.8 Å². The third-order valence-electron chi connectivity index (χ3n) is 4.07. The minimum Gasteiger partial charge on any atom is -0.353 e. The second-order valence-corrected chi connectivity index (χ2v) is 5.84. The third kappa shape index (κ3) is 3.24. The van der Waals surface area contributed by atoms with Gasteiger partial charge in [-0.2, -0.15) is 5.26 Å². The van der Waals surface area contributed by atoms with E-state index in [1.807, 2.05) is 39.0 Å². The summed E-state index contributed by atoms with van der Waals surface area (Å²) in [6, 6.07) is 8.14. The highest BCUT2D eigenvalue weighted by Crippen LogP contribution is 2.19. The highest BCUT2D eigenvalue weighted by atomic mass is 15.3. The fraction of sp³-hybridized carbons (Fsp3) is 0.412. The van der Waals surface area contributed by atoms with Crippen molar-refractivity contribution in [2.24, 2.45) is 0 Å². The molecule has 23 heavy (non-hydrogen) atoms. The van der Waals surface area contributed by atoms with E-state index in [9.17, 15) is 0 Å². The summed E-state index contributed by atoms with van der Waals surface area (Å²) >= 11 is 0. The molecule has 0 aromatic carbocycles. The monoisotopic (exact) mass is 308 g/mol. The minimum absolute atomic E-state index is 0.506. The van der Waals surface area contributed by atoms with Crippen molar-refractivity contribution in [3.63, 3.8) is 0 Å². The van der Waals surface area contributed by atoms with Gasteiger partial charge in [-0.1, -0.05) is 6.07 Å². The second kappa shape index (κ2) is 6.21. The van der Waals surface area contributed by atoms with Crippen LogP contribution in [0.25, 0.3) is 0 Å². The molecule has 0 spiro atoms. The molecule has 0 amide bonds. The second-order valence-electron chi connectivity index (χ2n) is 5.84. The molecule has 118 valence electrons. The number of aromatic nitrogens is 3. The topological polar surface area (TPSA) is 68.9 Å². The first kappa shape index (κ1) is 15.2. The predicted octanol–water partition coefficient (Wildman–Crippen LogP) is 2.00. The summed E-state index contributed by atoms with van der Waals surface area (Å²) < 4.78 is 0. The lowest BCUT2D eigenvalue weighted by Gasteiger charge is -2.36. The summed E-state index contributed by atoms with van der Waals surface area (Å²) in [6.07, 6.45) is 0. The van der Waals surface area contributed by atoms with Gasteiger partial charge in [0.25, 0.3) is 0 Å². The number of hydrogen-bond acceptors (Lipinski definition) is 6. The Morgan fingerprint density at radius 2 is 1.57 bits per heavy atom. The Balaban J connectivity index is 1.72. The van der Waals surface area contributed by atoms with E-state index < -0.39 is 0 Å². The number of piperazine rings is 1. The van der Waals surface area contributed by atoms with Crippen LogP contribution in [0.4, 0.5) is 11.6 Å². The van der Waals surface area contributed by atoms with Crippen LogP contribution < -0.4 is 9.80 Å². The number of hydrogen-bond donors (Lipinski definition) is 0. The molecule has 0 unspecified atom stereocenters. The number of anilines is 2. The van der Waals surface area contributed by atoms with Crippen LogP contribution in [0.1, 0.15) is 22.8 Å². The summed E-state index contributed by atoms with van der Waals surface area (Å²) in [4.78, 5) is 17.8. The van der Waals surface area contributed by atoms with Crippen molar-refractivity contribution in [3.8, 4) is 6.07 Å². The Morgan fingerprint density at radius 1 is 0.913 bits per heavy atom. The van der Waals surface area contributed by atoms with Gasteiger partial charge in [-0.05, 0) is 32.4 Å². The van der Waals surface area contributed by atoms with Gasteiger partial charge >= 0.3 is 0 Å². The maximum Gasteiger partial charge on any atom is 0.145 e. The quantitative estimate of drug-likeness (QED) is 0.845. The van der Waals surface area contributed by atoms with E-state index in [0.29, 0.717) is 5.69 Å². The number of aryl methyl sites for hydroxylation is 3. The maximum atomic E-state index is 9.13. The van der Waals surface area contributed by atoms with Crippen molar-refractivity contribution in [1.82, 2.24) is 15.0 Å². The number of nitrogens with zero attached hydrogens (tertiary/aromatic N) is 6. The molecule has 3 heterocycles. The Bertz CT molecular complexity index is 736. The highest BCUT2D eigenvalue weighted by molar-refractivity contribution is 5.48. The molecular formula is C17H20N6. The zero-order valence-electron chi connectivity index (χ0n) is 13.7. The van der Waals surface area contributed by atoms with Crippen LogP contribution in [-0.4, -0.2) is 41.1 Å². The Kier molecular flexibility index (Phi) is 4.11. The number of rotatable bonds is 2. The van der Waals surface area contributed by atoms with Crippen LogP contribution in [0.15, 0.2) is 18.2 Å². The van der Waals surface area contributed by atoms with E-state index in [2.05, 4.69) is 30.8 Å². The SMILES string of the molecule is Cc1cc(N2CCN(c3ccc(C)c(C#N)n3)CC2)nc(C)n1. The van der Waals surface area contributed by atoms with Crippen LogP contribution >= 0.6 is 0 Å². The molecule has 3 rings (SSSR count). The molecule has 0 saturated carbocycles. The van der Waals surface area contributed by atoms with Crippen LogP contribution in [0.3, 0.4) is 0 Å². The molecule has 1 fully saturated rings. The summed E-state index contributed by atoms with van der Waals surface area (Å²) in [5.74, 6) is 2.67. The van der Waals surface area contributed by atoms with Gasteiger partial charge in [0, 0.05) is 37.9 Å². The van der Waals surface area contributed by atoms with Gasteiger partial charge in [0.05, 0.1) is 0 Å². The Labute approximate surface area is 136 Å². The normalized spacial score (nSPS) is 14.7. The Hall–Kier alpha value is -2.68. The van der Waals surface area contributed by atoms with Crippen molar-refractivity contribution < 1.29 is 0 Å². The average Bonchev–Trinajstić information content (AvgIpc) is 2.54. The van der Waals surface area contributed by atoms with Gasteiger partial charge in [-0.25, -0.2) is 15.0 Å². The molecule has 2 aromatic rings. The molecule has 6 heteroatoms. The van der Waals surface area contributed by atoms with Gasteiger partial charge in [0.2, 0.25) is 0 Å². The average molecular weight is 308 g/mol. The van der Waals surface area contributed by atoms with E-state index in [1.165, 1.54) is 0 Å². The standard InChI is InChI=1S/C17H20N6/c1-12-4-5-16(21-15(12)11-18)22-6-8-23(9-7-22)17-10-13(2)19-14(3)20-17/h4-5,10H,6-9H2,1-3H3. The smallest absolute Gasteiger partial charge is 0.145 e. The highest BCUT2D eigenvalue weighted by Gasteiger charge is 2.20. The van der Waals surface area contributed by atoms with Crippen LogP contribution in [0.2, 0.25) is 0 Å². The first-order chi connectivity index (χ1) is 11.1. The minimum atomic E-state index is 0.506. The van der Waals surface area contributed by atoms with Crippen molar-refractivity contribution >= 4 is 11.6 Å². The van der Waals surface area contributed by atoms with Gasteiger partial charge in [-0.15, -0.1) is 0 Å². The number of nitriles is 1. The third-order valence-corrected chi connectivity index (χ3v) is 4.07. The van der Waals surface area contributed by atoms with Crippen LogP contribution in [0.5, 0.6) is 0 Å².